The molecule has 1 N–H and O–H groups in total. The maximum atomic E-state index is 12.3. The number of benzene rings is 2. The van der Waals surface area contributed by atoms with Crippen molar-refractivity contribution in [2.24, 2.45) is 0 Å². The van der Waals surface area contributed by atoms with E-state index >= 15 is 0 Å². The second-order valence-electron chi connectivity index (χ2n) is 6.24. The summed E-state index contributed by atoms with van der Waals surface area (Å²) >= 11 is 0. The third-order valence-corrected chi connectivity index (χ3v) is 5.78. The molecule has 1 aromatic heterocycles. The summed E-state index contributed by atoms with van der Waals surface area (Å²) in [6.45, 7) is 2.36. The van der Waals surface area contributed by atoms with Crippen molar-refractivity contribution in [2.75, 3.05) is 11.1 Å². The molecule has 0 radical (unpaired) electrons. The molecular weight excluding hydrogens is 362 g/mol. The average Bonchev–Trinajstić information content (AvgIpc) is 3.00. The van der Waals surface area contributed by atoms with Gasteiger partial charge in [0, 0.05) is 12.5 Å². The molecule has 0 aliphatic rings. The smallest absolute Gasteiger partial charge is 0.226 e. The summed E-state index contributed by atoms with van der Waals surface area (Å²) in [4.78, 5) is 12.5. The van der Waals surface area contributed by atoms with E-state index in [4.69, 9.17) is 0 Å². The Labute approximate surface area is 158 Å². The molecule has 6 nitrogen and oxygen atoms in total. The van der Waals surface area contributed by atoms with Crippen molar-refractivity contribution in [3.63, 3.8) is 0 Å². The number of hydrogen-bond acceptors (Lipinski definition) is 4. The van der Waals surface area contributed by atoms with E-state index in [9.17, 15) is 13.2 Å². The first-order valence-corrected chi connectivity index (χ1v) is 10.3. The molecular formula is C20H21N3O3S. The quantitative estimate of drug-likeness (QED) is 0.680. The van der Waals surface area contributed by atoms with Crippen LogP contribution in [-0.2, 0) is 21.2 Å². The highest BCUT2D eigenvalue weighted by molar-refractivity contribution is 7.91. The number of carbonyl (C=O) groups is 1. The summed E-state index contributed by atoms with van der Waals surface area (Å²) < 4.78 is 26.3. The number of carbonyl (C=O) groups excluding carboxylic acids is 1. The second kappa shape index (κ2) is 8.18. The van der Waals surface area contributed by atoms with Crippen molar-refractivity contribution in [2.45, 2.75) is 24.8 Å². The fourth-order valence-electron chi connectivity index (χ4n) is 2.70. The van der Waals surface area contributed by atoms with Crippen LogP contribution < -0.4 is 5.32 Å². The van der Waals surface area contributed by atoms with Crippen molar-refractivity contribution in [1.29, 1.82) is 0 Å². The highest BCUT2D eigenvalue weighted by Gasteiger charge is 2.17. The molecule has 1 heterocycles. The number of amides is 1. The van der Waals surface area contributed by atoms with Crippen molar-refractivity contribution in [3.8, 4) is 0 Å². The van der Waals surface area contributed by atoms with Gasteiger partial charge in [-0.3, -0.25) is 4.79 Å². The van der Waals surface area contributed by atoms with Gasteiger partial charge in [-0.1, -0.05) is 48.5 Å². The largest absolute Gasteiger partial charge is 0.311 e. The number of rotatable bonds is 7. The maximum absolute atomic E-state index is 12.3. The zero-order valence-electron chi connectivity index (χ0n) is 15.0. The number of nitrogens with zero attached hydrogens (tertiary/aromatic N) is 2. The van der Waals surface area contributed by atoms with E-state index in [0.29, 0.717) is 12.4 Å². The fraction of sp³-hybridized carbons (Fsp3) is 0.200. The molecule has 140 valence electrons. The van der Waals surface area contributed by atoms with Gasteiger partial charge in [-0.25, -0.2) is 13.1 Å². The van der Waals surface area contributed by atoms with Crippen molar-refractivity contribution in [3.05, 3.63) is 78.0 Å². The van der Waals surface area contributed by atoms with Crippen LogP contribution in [0.3, 0.4) is 0 Å². The Morgan fingerprint density at radius 1 is 1.04 bits per heavy atom. The number of aromatic nitrogens is 2. The predicted octanol–water partition coefficient (Wildman–Crippen LogP) is 3.04. The summed E-state index contributed by atoms with van der Waals surface area (Å²) in [6.07, 6.45) is -0.118. The van der Waals surface area contributed by atoms with Crippen LogP contribution in [-0.4, -0.2) is 29.9 Å². The van der Waals surface area contributed by atoms with E-state index in [1.807, 2.05) is 37.3 Å². The summed E-state index contributed by atoms with van der Waals surface area (Å²) in [6, 6.07) is 19.7. The predicted molar refractivity (Wildman–Crippen MR) is 104 cm³/mol. The van der Waals surface area contributed by atoms with Gasteiger partial charge in [0.2, 0.25) is 5.91 Å². The van der Waals surface area contributed by atoms with Gasteiger partial charge in [0.1, 0.15) is 5.82 Å². The Bertz CT molecular complexity index is 1010. The Kier molecular flexibility index (Phi) is 5.71. The molecule has 0 aliphatic carbocycles. The topological polar surface area (TPSA) is 81.1 Å². The standard InChI is InChI=1S/C20H21N3O3S/c1-16-14-19(23(22-16)15-17-8-4-2-5-9-17)21-20(24)12-13-27(25,26)18-10-6-3-7-11-18/h2-11,14H,12-13,15H2,1H3,(H,21,24). The minimum Gasteiger partial charge on any atom is -0.311 e. The maximum Gasteiger partial charge on any atom is 0.226 e. The molecule has 3 aromatic rings. The van der Waals surface area contributed by atoms with Gasteiger partial charge in [0.05, 0.1) is 22.9 Å². The summed E-state index contributed by atoms with van der Waals surface area (Å²) in [7, 11) is -3.48. The Morgan fingerprint density at radius 3 is 2.33 bits per heavy atom. The first-order chi connectivity index (χ1) is 12.9. The summed E-state index contributed by atoms with van der Waals surface area (Å²) in [5.74, 6) is -0.0450. The molecule has 0 spiro atoms. The van der Waals surface area contributed by atoms with Gasteiger partial charge in [-0.2, -0.15) is 5.10 Å². The van der Waals surface area contributed by atoms with Crippen LogP contribution in [0.5, 0.6) is 0 Å². The lowest BCUT2D eigenvalue weighted by Gasteiger charge is -2.09. The van der Waals surface area contributed by atoms with Crippen molar-refractivity contribution >= 4 is 21.6 Å². The molecule has 2 aromatic carbocycles. The SMILES string of the molecule is Cc1cc(NC(=O)CCS(=O)(=O)c2ccccc2)n(Cc2ccccc2)n1. The lowest BCUT2D eigenvalue weighted by molar-refractivity contribution is -0.115. The lowest BCUT2D eigenvalue weighted by atomic mass is 10.2. The van der Waals surface area contributed by atoms with Crippen LogP contribution in [0.4, 0.5) is 5.82 Å². The van der Waals surface area contributed by atoms with Crippen LogP contribution in [0.1, 0.15) is 17.7 Å². The molecule has 27 heavy (non-hydrogen) atoms. The Balaban J connectivity index is 1.65. The third-order valence-electron chi connectivity index (χ3n) is 4.04. The van der Waals surface area contributed by atoms with Gasteiger partial charge in [-0.05, 0) is 24.6 Å². The van der Waals surface area contributed by atoms with Gasteiger partial charge in [0.25, 0.3) is 0 Å². The van der Waals surface area contributed by atoms with Gasteiger partial charge in [-0.15, -0.1) is 0 Å². The van der Waals surface area contributed by atoms with Crippen LogP contribution in [0.2, 0.25) is 0 Å². The molecule has 0 saturated carbocycles. The number of sulfone groups is 1. The monoisotopic (exact) mass is 383 g/mol. The Morgan fingerprint density at radius 2 is 1.67 bits per heavy atom. The van der Waals surface area contributed by atoms with Crippen molar-refractivity contribution < 1.29 is 13.2 Å². The average molecular weight is 383 g/mol. The molecule has 0 atom stereocenters. The molecule has 0 saturated heterocycles. The van der Waals surface area contributed by atoms with E-state index in [1.165, 1.54) is 12.1 Å². The molecule has 0 unspecified atom stereocenters. The van der Waals surface area contributed by atoms with Crippen LogP contribution in [0.25, 0.3) is 0 Å². The molecule has 0 aliphatic heterocycles. The molecule has 0 bridgehead atoms. The first-order valence-electron chi connectivity index (χ1n) is 8.60. The highest BCUT2D eigenvalue weighted by atomic mass is 32.2. The first kappa shape index (κ1) is 18.8. The van der Waals surface area contributed by atoms with E-state index in [0.717, 1.165) is 11.3 Å². The van der Waals surface area contributed by atoms with E-state index < -0.39 is 9.84 Å². The summed E-state index contributed by atoms with van der Waals surface area (Å²) in [5.41, 5.74) is 1.83. The normalized spacial score (nSPS) is 11.3. The molecule has 0 fully saturated rings. The van der Waals surface area contributed by atoms with E-state index in [2.05, 4.69) is 10.4 Å². The van der Waals surface area contributed by atoms with E-state index in [-0.39, 0.29) is 23.0 Å². The number of aryl methyl sites for hydroxylation is 1. The van der Waals surface area contributed by atoms with Crippen molar-refractivity contribution in [1.82, 2.24) is 9.78 Å². The zero-order valence-corrected chi connectivity index (χ0v) is 15.8. The highest BCUT2D eigenvalue weighted by Crippen LogP contribution is 2.15. The number of hydrogen-bond donors (Lipinski definition) is 1. The number of anilines is 1. The number of nitrogens with one attached hydrogen (secondary N) is 1. The molecule has 7 heteroatoms. The Hall–Kier alpha value is -2.93. The van der Waals surface area contributed by atoms with Gasteiger partial charge < -0.3 is 5.32 Å². The minimum atomic E-state index is -3.48. The molecule has 3 rings (SSSR count). The fourth-order valence-corrected chi connectivity index (χ4v) is 3.96. The van der Waals surface area contributed by atoms with Crippen LogP contribution in [0, 0.1) is 6.92 Å². The van der Waals surface area contributed by atoms with Crippen LogP contribution in [0.15, 0.2) is 71.6 Å². The zero-order chi connectivity index (χ0) is 19.3. The lowest BCUT2D eigenvalue weighted by Crippen LogP contribution is -2.19. The van der Waals surface area contributed by atoms with Gasteiger partial charge >= 0.3 is 0 Å². The second-order valence-corrected chi connectivity index (χ2v) is 8.35. The van der Waals surface area contributed by atoms with E-state index in [1.54, 1.807) is 28.9 Å². The third kappa shape index (κ3) is 5.04. The minimum absolute atomic E-state index is 0.118. The molecule has 1 amide bonds. The van der Waals surface area contributed by atoms with Crippen LogP contribution >= 0.6 is 0 Å². The van der Waals surface area contributed by atoms with Gasteiger partial charge in [0.15, 0.2) is 9.84 Å². The summed E-state index contributed by atoms with van der Waals surface area (Å²) in [5, 5.41) is 7.17.